The van der Waals surface area contributed by atoms with Crippen LogP contribution in [0.3, 0.4) is 0 Å². The Morgan fingerprint density at radius 3 is 2.50 bits per heavy atom. The molecule has 0 N–H and O–H groups in total. The average molecular weight is 269 g/mol. The summed E-state index contributed by atoms with van der Waals surface area (Å²) >= 11 is -0.527. The summed E-state index contributed by atoms with van der Waals surface area (Å²) < 4.78 is 1.78. The Hall–Kier alpha value is -0.121. The third-order valence-electron chi connectivity index (χ3n) is 1.28. The van der Waals surface area contributed by atoms with Crippen LogP contribution in [0.5, 0.6) is 0 Å². The van der Waals surface area contributed by atoms with Crippen molar-refractivity contribution in [2.24, 2.45) is 0 Å². The van der Waals surface area contributed by atoms with Gasteiger partial charge in [-0.1, -0.05) is 0 Å². The molecule has 3 heteroatoms. The number of rotatable bonds is 1. The van der Waals surface area contributed by atoms with Gasteiger partial charge in [0.15, 0.2) is 0 Å². The Kier molecular flexibility index (Phi) is 3.09. The van der Waals surface area contributed by atoms with Gasteiger partial charge in [0.1, 0.15) is 0 Å². The Morgan fingerprint density at radius 1 is 1.33 bits per heavy atom. The van der Waals surface area contributed by atoms with Crippen LogP contribution in [0.2, 0.25) is 3.43 Å². The van der Waals surface area contributed by atoms with E-state index >= 15 is 0 Å². The molecule has 0 saturated heterocycles. The molecule has 1 aromatic heterocycles. The van der Waals surface area contributed by atoms with Gasteiger partial charge >= 0.3 is 84.0 Å². The zero-order valence-corrected chi connectivity index (χ0v) is 10.9. The number of hydrogen-bond donors (Lipinski definition) is 0. The molecule has 0 amide bonds. The second kappa shape index (κ2) is 3.73. The van der Waals surface area contributed by atoms with Gasteiger partial charge in [-0.15, -0.1) is 0 Å². The van der Waals surface area contributed by atoms with Crippen LogP contribution in [0.15, 0.2) is 12.3 Å². The van der Waals surface area contributed by atoms with Crippen molar-refractivity contribution in [1.29, 1.82) is 0 Å². The predicted molar refractivity (Wildman–Crippen MR) is 51.9 cm³/mol. The summed E-state index contributed by atoms with van der Waals surface area (Å²) in [5, 5.41) is 0. The number of aryl methyl sites for hydroxylation is 1. The fourth-order valence-electron chi connectivity index (χ4n) is 0.910. The Labute approximate surface area is 84.0 Å². The zero-order valence-electron chi connectivity index (χ0n) is 8.05. The van der Waals surface area contributed by atoms with Crippen molar-refractivity contribution in [2.45, 2.75) is 31.1 Å². The van der Waals surface area contributed by atoms with Crippen LogP contribution in [0, 0.1) is 6.92 Å². The normalized spacial score (nSPS) is 11.7. The van der Waals surface area contributed by atoms with Crippen LogP contribution in [-0.4, -0.2) is 31.1 Å². The van der Waals surface area contributed by atoms with Crippen LogP contribution in [0.4, 0.5) is 0 Å². The molecule has 0 unspecified atom stereocenters. The van der Waals surface area contributed by atoms with Crippen LogP contribution < -0.4 is 3.71 Å². The van der Waals surface area contributed by atoms with Crippen LogP contribution in [0.1, 0.15) is 26.6 Å². The molecule has 0 saturated carbocycles. The number of nitrogens with zero attached hydrogens (tertiary/aromatic N) is 2. The van der Waals surface area contributed by atoms with Gasteiger partial charge < -0.3 is 0 Å². The van der Waals surface area contributed by atoms with Gasteiger partial charge in [0.05, 0.1) is 0 Å². The molecule has 1 rings (SSSR count). The maximum atomic E-state index is 4.42. The molecular weight excluding hydrogens is 255 g/mol. The molecule has 0 aromatic carbocycles. The predicted octanol–water partition coefficient (Wildman–Crippen LogP) is 1.33. The second-order valence-corrected chi connectivity index (χ2v) is 10.3. The molecule has 0 fully saturated rings. The first-order valence-corrected chi connectivity index (χ1v) is 6.91. The molecule has 1 heterocycles. The molecule has 1 aromatic rings. The SMILES string of the molecule is Cc1ncc[c]([Sn][C](C)(C)C)n1. The molecule has 0 aliphatic carbocycles. The van der Waals surface area contributed by atoms with Gasteiger partial charge in [0.2, 0.25) is 0 Å². The molecule has 0 bridgehead atoms. The van der Waals surface area contributed by atoms with E-state index in [1.807, 2.05) is 13.1 Å². The number of hydrogen-bond acceptors (Lipinski definition) is 2. The van der Waals surface area contributed by atoms with Gasteiger partial charge in [-0.05, 0) is 0 Å². The van der Waals surface area contributed by atoms with Gasteiger partial charge in [-0.3, -0.25) is 0 Å². The van der Waals surface area contributed by atoms with E-state index < -0.39 is 21.1 Å². The standard InChI is InChI=1S/C5H5N2.C4H9.Sn/c1-5-6-3-2-4-7-5;1-4(2)3;/h2-3H,1H3;1-3H3;. The fraction of sp³-hybridized carbons (Fsp3) is 0.556. The van der Waals surface area contributed by atoms with E-state index in [-0.39, 0.29) is 0 Å². The van der Waals surface area contributed by atoms with Gasteiger partial charge in [-0.25, -0.2) is 0 Å². The first-order valence-electron chi connectivity index (χ1n) is 4.05. The first kappa shape index (κ1) is 9.96. The summed E-state index contributed by atoms with van der Waals surface area (Å²) in [6, 6.07) is 2.06. The molecule has 0 spiro atoms. The number of aromatic nitrogens is 2. The van der Waals surface area contributed by atoms with E-state index in [4.69, 9.17) is 0 Å². The zero-order chi connectivity index (χ0) is 9.19. The van der Waals surface area contributed by atoms with Crippen LogP contribution >= 0.6 is 0 Å². The van der Waals surface area contributed by atoms with E-state index in [1.54, 1.807) is 0 Å². The van der Waals surface area contributed by atoms with Crippen molar-refractivity contribution in [3.8, 4) is 0 Å². The van der Waals surface area contributed by atoms with Crippen LogP contribution in [0.25, 0.3) is 0 Å². The van der Waals surface area contributed by atoms with Gasteiger partial charge in [-0.2, -0.15) is 0 Å². The summed E-state index contributed by atoms with van der Waals surface area (Å²) in [5.74, 6) is 0.901. The fourth-order valence-corrected chi connectivity index (χ4v) is 4.18. The summed E-state index contributed by atoms with van der Waals surface area (Å²) in [5.41, 5.74) is 0. The van der Waals surface area contributed by atoms with Crippen molar-refractivity contribution in [2.75, 3.05) is 0 Å². The van der Waals surface area contributed by atoms with Crippen molar-refractivity contribution in [1.82, 2.24) is 9.97 Å². The minimum absolute atomic E-state index is 0.476. The molecule has 12 heavy (non-hydrogen) atoms. The molecule has 2 nitrogen and oxygen atoms in total. The maximum absolute atomic E-state index is 4.42. The Balaban J connectivity index is 2.77. The molecular formula is C9H14N2Sn. The molecule has 0 aliphatic rings. The Bertz CT molecular complexity index is 265. The molecule has 0 aliphatic heterocycles. The molecule has 64 valence electrons. The van der Waals surface area contributed by atoms with Gasteiger partial charge in [0.25, 0.3) is 0 Å². The van der Waals surface area contributed by atoms with Crippen molar-refractivity contribution >= 4 is 24.9 Å². The summed E-state index contributed by atoms with van der Waals surface area (Å²) in [6.45, 7) is 8.81. The van der Waals surface area contributed by atoms with Crippen molar-refractivity contribution in [3.63, 3.8) is 0 Å². The minimum atomic E-state index is -0.527. The van der Waals surface area contributed by atoms with E-state index in [1.165, 1.54) is 3.71 Å². The second-order valence-electron chi connectivity index (χ2n) is 3.86. The third kappa shape index (κ3) is 3.52. The van der Waals surface area contributed by atoms with E-state index in [0.717, 1.165) is 5.82 Å². The summed E-state index contributed by atoms with van der Waals surface area (Å²) in [4.78, 5) is 8.51. The van der Waals surface area contributed by atoms with E-state index in [9.17, 15) is 0 Å². The van der Waals surface area contributed by atoms with Crippen molar-refractivity contribution in [3.05, 3.63) is 18.1 Å². The van der Waals surface area contributed by atoms with Crippen molar-refractivity contribution < 1.29 is 0 Å². The monoisotopic (exact) mass is 270 g/mol. The summed E-state index contributed by atoms with van der Waals surface area (Å²) in [6.07, 6.45) is 1.87. The quantitative estimate of drug-likeness (QED) is 0.719. The topological polar surface area (TPSA) is 25.8 Å². The third-order valence-corrected chi connectivity index (χ3v) is 4.95. The van der Waals surface area contributed by atoms with E-state index in [2.05, 4.69) is 36.8 Å². The van der Waals surface area contributed by atoms with Crippen LogP contribution in [-0.2, 0) is 0 Å². The summed E-state index contributed by atoms with van der Waals surface area (Å²) in [7, 11) is 0. The van der Waals surface area contributed by atoms with E-state index in [0.29, 0.717) is 3.43 Å². The van der Waals surface area contributed by atoms with Gasteiger partial charge in [0, 0.05) is 0 Å². The molecule has 2 radical (unpaired) electrons. The molecule has 0 atom stereocenters. The first-order chi connectivity index (χ1) is 5.47. The Morgan fingerprint density at radius 2 is 2.00 bits per heavy atom. The average Bonchev–Trinajstić information content (AvgIpc) is 1.82.